The zero-order valence-corrected chi connectivity index (χ0v) is 14.7. The van der Waals surface area contributed by atoms with Gasteiger partial charge in [0.05, 0.1) is 11.9 Å². The number of rotatable bonds is 4. The number of para-hydroxylation sites is 1. The molecule has 27 heavy (non-hydrogen) atoms. The Bertz CT molecular complexity index is 1030. The molecule has 3 aromatic rings. The van der Waals surface area contributed by atoms with Crippen LogP contribution < -0.4 is 11.0 Å². The third-order valence-electron chi connectivity index (χ3n) is 3.81. The van der Waals surface area contributed by atoms with Crippen LogP contribution in [0.15, 0.2) is 53.5 Å². The van der Waals surface area contributed by atoms with Gasteiger partial charge < -0.3 is 5.32 Å². The molecular weight excluding hydrogens is 378 g/mol. The maximum Gasteiger partial charge on any atom is 0.365 e. The number of halogens is 3. The number of hydrogen-bond donors (Lipinski definition) is 1. The standard InChI is InChI=1S/C18H13ClF2N4O2/c1-10(17(26)24-16-13(20)3-2-4-14(16)21)25-18(27)23-15(9-22-25)11-5-7-12(19)8-6-11/h2-10H,1H3,(H,24,26)/t10-/m1/s1. The molecule has 0 aliphatic heterocycles. The van der Waals surface area contributed by atoms with Crippen molar-refractivity contribution >= 4 is 23.2 Å². The van der Waals surface area contributed by atoms with Crippen molar-refractivity contribution in [2.24, 2.45) is 0 Å². The molecule has 0 unspecified atom stereocenters. The number of aromatic nitrogens is 3. The normalized spacial score (nSPS) is 11.9. The van der Waals surface area contributed by atoms with Gasteiger partial charge in [-0.1, -0.05) is 29.8 Å². The fraction of sp³-hybridized carbons (Fsp3) is 0.111. The Kier molecular flexibility index (Phi) is 5.27. The first-order chi connectivity index (χ1) is 12.9. The van der Waals surface area contributed by atoms with Gasteiger partial charge in [-0.2, -0.15) is 10.1 Å². The molecule has 0 spiro atoms. The average Bonchev–Trinajstić information content (AvgIpc) is 2.64. The third-order valence-corrected chi connectivity index (χ3v) is 4.07. The van der Waals surface area contributed by atoms with Crippen LogP contribution in [0, 0.1) is 11.6 Å². The number of amides is 1. The molecule has 1 heterocycles. The van der Waals surface area contributed by atoms with E-state index in [0.29, 0.717) is 16.3 Å². The summed E-state index contributed by atoms with van der Waals surface area (Å²) in [4.78, 5) is 28.4. The first-order valence-electron chi connectivity index (χ1n) is 7.83. The number of benzene rings is 2. The largest absolute Gasteiger partial charge is 0.365 e. The van der Waals surface area contributed by atoms with E-state index in [1.807, 2.05) is 0 Å². The van der Waals surface area contributed by atoms with Gasteiger partial charge in [0.2, 0.25) is 5.91 Å². The number of nitrogens with zero attached hydrogens (tertiary/aromatic N) is 3. The molecule has 0 saturated heterocycles. The van der Waals surface area contributed by atoms with E-state index in [4.69, 9.17) is 11.6 Å². The van der Waals surface area contributed by atoms with Gasteiger partial charge in [-0.25, -0.2) is 18.3 Å². The van der Waals surface area contributed by atoms with E-state index in [2.05, 4.69) is 15.4 Å². The molecule has 0 saturated carbocycles. The summed E-state index contributed by atoms with van der Waals surface area (Å²) < 4.78 is 28.2. The fourth-order valence-corrected chi connectivity index (χ4v) is 2.46. The van der Waals surface area contributed by atoms with Gasteiger partial charge in [-0.15, -0.1) is 0 Å². The minimum atomic E-state index is -1.14. The molecule has 0 fully saturated rings. The SMILES string of the molecule is C[C@H](C(=O)Nc1c(F)cccc1F)n1ncc(-c2ccc(Cl)cc2)nc1=O. The lowest BCUT2D eigenvalue weighted by molar-refractivity contribution is -0.119. The van der Waals surface area contributed by atoms with Crippen LogP contribution in [0.25, 0.3) is 11.3 Å². The maximum absolute atomic E-state index is 13.7. The second-order valence-electron chi connectivity index (χ2n) is 5.64. The van der Waals surface area contributed by atoms with Crippen molar-refractivity contribution in [3.63, 3.8) is 0 Å². The van der Waals surface area contributed by atoms with Crippen molar-refractivity contribution in [3.05, 3.63) is 75.8 Å². The van der Waals surface area contributed by atoms with Crippen LogP contribution in [-0.2, 0) is 4.79 Å². The highest BCUT2D eigenvalue weighted by atomic mass is 35.5. The van der Waals surface area contributed by atoms with E-state index >= 15 is 0 Å². The summed E-state index contributed by atoms with van der Waals surface area (Å²) >= 11 is 5.82. The lowest BCUT2D eigenvalue weighted by Crippen LogP contribution is -2.35. The monoisotopic (exact) mass is 390 g/mol. The minimum absolute atomic E-state index is 0.306. The highest BCUT2D eigenvalue weighted by Gasteiger charge is 2.21. The molecule has 0 bridgehead atoms. The molecule has 9 heteroatoms. The first kappa shape index (κ1) is 18.7. The molecule has 0 aliphatic carbocycles. The highest BCUT2D eigenvalue weighted by Crippen LogP contribution is 2.20. The lowest BCUT2D eigenvalue weighted by Gasteiger charge is -2.14. The summed E-state index contributed by atoms with van der Waals surface area (Å²) in [6.45, 7) is 1.37. The molecule has 1 N–H and O–H groups in total. The summed E-state index contributed by atoms with van der Waals surface area (Å²) in [5, 5.41) is 6.60. The summed E-state index contributed by atoms with van der Waals surface area (Å²) in [6.07, 6.45) is 1.32. The second kappa shape index (κ2) is 7.63. The Balaban J connectivity index is 1.84. The Labute approximate surface area is 157 Å². The zero-order chi connectivity index (χ0) is 19.6. The summed E-state index contributed by atoms with van der Waals surface area (Å²) in [7, 11) is 0. The molecule has 1 atom stereocenters. The number of anilines is 1. The van der Waals surface area contributed by atoms with Crippen LogP contribution in [0.1, 0.15) is 13.0 Å². The smallest absolute Gasteiger partial charge is 0.319 e. The van der Waals surface area contributed by atoms with Gasteiger partial charge in [-0.3, -0.25) is 4.79 Å². The second-order valence-corrected chi connectivity index (χ2v) is 6.07. The van der Waals surface area contributed by atoms with Crippen molar-refractivity contribution < 1.29 is 13.6 Å². The van der Waals surface area contributed by atoms with Crippen LogP contribution in [0.5, 0.6) is 0 Å². The van der Waals surface area contributed by atoms with Crippen molar-refractivity contribution in [3.8, 4) is 11.3 Å². The Morgan fingerprint density at radius 1 is 1.15 bits per heavy atom. The maximum atomic E-state index is 13.7. The van der Waals surface area contributed by atoms with Crippen molar-refractivity contribution in [1.29, 1.82) is 0 Å². The predicted octanol–water partition coefficient (Wildman–Crippen LogP) is 3.44. The quantitative estimate of drug-likeness (QED) is 0.740. The Morgan fingerprint density at radius 3 is 2.37 bits per heavy atom. The molecule has 2 aromatic carbocycles. The van der Waals surface area contributed by atoms with Crippen molar-refractivity contribution in [1.82, 2.24) is 14.8 Å². The van der Waals surface area contributed by atoms with Gasteiger partial charge in [-0.05, 0) is 31.2 Å². The Morgan fingerprint density at radius 2 is 1.78 bits per heavy atom. The van der Waals surface area contributed by atoms with Crippen LogP contribution >= 0.6 is 11.6 Å². The van der Waals surface area contributed by atoms with Crippen LogP contribution in [0.4, 0.5) is 14.5 Å². The van der Waals surface area contributed by atoms with Gasteiger partial charge in [0.1, 0.15) is 23.4 Å². The van der Waals surface area contributed by atoms with Gasteiger partial charge >= 0.3 is 5.69 Å². The number of carbonyl (C=O) groups excluding carboxylic acids is 1. The van der Waals surface area contributed by atoms with E-state index in [9.17, 15) is 18.4 Å². The third kappa shape index (κ3) is 4.01. The molecule has 1 amide bonds. The number of nitrogens with one attached hydrogen (secondary N) is 1. The van der Waals surface area contributed by atoms with E-state index < -0.39 is 35.0 Å². The Hall–Kier alpha value is -3.13. The van der Waals surface area contributed by atoms with Crippen LogP contribution in [0.2, 0.25) is 5.02 Å². The highest BCUT2D eigenvalue weighted by molar-refractivity contribution is 6.30. The van der Waals surface area contributed by atoms with Crippen molar-refractivity contribution in [2.45, 2.75) is 13.0 Å². The van der Waals surface area contributed by atoms with Gasteiger partial charge in [0.25, 0.3) is 0 Å². The zero-order valence-electron chi connectivity index (χ0n) is 14.0. The van der Waals surface area contributed by atoms with E-state index in [-0.39, 0.29) is 0 Å². The average molecular weight is 391 g/mol. The molecule has 0 radical (unpaired) electrons. The molecule has 1 aromatic heterocycles. The predicted molar refractivity (Wildman–Crippen MR) is 96.4 cm³/mol. The van der Waals surface area contributed by atoms with Crippen LogP contribution in [-0.4, -0.2) is 20.7 Å². The van der Waals surface area contributed by atoms with Gasteiger partial charge in [0, 0.05) is 10.6 Å². The van der Waals surface area contributed by atoms with Gasteiger partial charge in [0.15, 0.2) is 0 Å². The van der Waals surface area contributed by atoms with Crippen molar-refractivity contribution in [2.75, 3.05) is 5.32 Å². The number of hydrogen-bond acceptors (Lipinski definition) is 4. The summed E-state index contributed by atoms with van der Waals surface area (Å²) in [5.41, 5.74) is -0.436. The van der Waals surface area contributed by atoms with E-state index in [0.717, 1.165) is 16.8 Å². The number of carbonyl (C=O) groups is 1. The van der Waals surface area contributed by atoms with Crippen LogP contribution in [0.3, 0.4) is 0 Å². The van der Waals surface area contributed by atoms with E-state index in [1.54, 1.807) is 24.3 Å². The summed E-state index contributed by atoms with van der Waals surface area (Å²) in [5.74, 6) is -2.66. The summed E-state index contributed by atoms with van der Waals surface area (Å²) in [6, 6.07) is 8.69. The fourth-order valence-electron chi connectivity index (χ4n) is 2.33. The van der Waals surface area contributed by atoms with E-state index in [1.165, 1.54) is 19.2 Å². The first-order valence-corrected chi connectivity index (χ1v) is 8.21. The molecular formula is C18H13ClF2N4O2. The minimum Gasteiger partial charge on any atom is -0.319 e. The molecule has 0 aliphatic rings. The topological polar surface area (TPSA) is 76.9 Å². The lowest BCUT2D eigenvalue weighted by atomic mass is 10.2. The molecule has 138 valence electrons. The molecule has 3 rings (SSSR count). The molecule has 6 nitrogen and oxygen atoms in total.